The summed E-state index contributed by atoms with van der Waals surface area (Å²) in [5.41, 5.74) is 4.96. The molecule has 0 bridgehead atoms. The Balaban J connectivity index is 2.03. The van der Waals surface area contributed by atoms with Crippen LogP contribution >= 0.6 is 0 Å². The number of benzene rings is 1. The Hall–Kier alpha value is -2.36. The van der Waals surface area contributed by atoms with E-state index in [4.69, 9.17) is 4.42 Å². The summed E-state index contributed by atoms with van der Waals surface area (Å²) in [6, 6.07) is 6.39. The van der Waals surface area contributed by atoms with E-state index in [1.807, 2.05) is 6.20 Å². The largest absolute Gasteiger partial charge is 0.449 e. The molecule has 0 saturated carbocycles. The van der Waals surface area contributed by atoms with Crippen molar-refractivity contribution in [3.8, 4) is 0 Å². The lowest BCUT2D eigenvalue weighted by molar-refractivity contribution is 0.481. The maximum atomic E-state index is 5.41. The van der Waals surface area contributed by atoms with Gasteiger partial charge >= 0.3 is 0 Å². The number of nitrogens with one attached hydrogen (secondary N) is 1. The standard InChI is InChI=1S/C16H17N3O/c1-11-4-3-5-13(12(11)2)14(15-9-17-10-19-15)8-16-18-6-7-20-16/h3-7,9-10,14H,8H2,1-2H3,(H,17,19). The molecule has 1 N–H and O–H groups in total. The van der Waals surface area contributed by atoms with Crippen LogP contribution in [-0.4, -0.2) is 15.0 Å². The molecule has 0 aliphatic carbocycles. The fourth-order valence-corrected chi connectivity index (χ4v) is 2.52. The minimum absolute atomic E-state index is 0.177. The third kappa shape index (κ3) is 2.37. The SMILES string of the molecule is Cc1cccc(C(Cc2ncco2)c2cnc[nH]2)c1C. The van der Waals surface area contributed by atoms with E-state index in [2.05, 4.69) is 47.0 Å². The summed E-state index contributed by atoms with van der Waals surface area (Å²) in [5, 5.41) is 0. The summed E-state index contributed by atoms with van der Waals surface area (Å²) in [7, 11) is 0. The third-order valence-corrected chi connectivity index (χ3v) is 3.78. The minimum atomic E-state index is 0.177. The van der Waals surface area contributed by atoms with Gasteiger partial charge in [0.15, 0.2) is 5.89 Å². The van der Waals surface area contributed by atoms with Crippen LogP contribution in [0, 0.1) is 13.8 Å². The van der Waals surface area contributed by atoms with Gasteiger partial charge < -0.3 is 9.40 Å². The van der Waals surface area contributed by atoms with Gasteiger partial charge in [-0.25, -0.2) is 9.97 Å². The Kier molecular flexibility index (Phi) is 3.37. The predicted molar refractivity (Wildman–Crippen MR) is 76.6 cm³/mol. The molecule has 4 heteroatoms. The Morgan fingerprint density at radius 2 is 2.20 bits per heavy atom. The first kappa shape index (κ1) is 12.7. The topological polar surface area (TPSA) is 54.7 Å². The van der Waals surface area contributed by atoms with Crippen molar-refractivity contribution in [3.63, 3.8) is 0 Å². The van der Waals surface area contributed by atoms with Gasteiger partial charge in [0, 0.05) is 24.2 Å². The van der Waals surface area contributed by atoms with Crippen LogP contribution in [0.15, 0.2) is 47.6 Å². The quantitative estimate of drug-likeness (QED) is 0.788. The molecule has 3 rings (SSSR count). The molecule has 4 nitrogen and oxygen atoms in total. The van der Waals surface area contributed by atoms with E-state index in [-0.39, 0.29) is 5.92 Å². The van der Waals surface area contributed by atoms with Gasteiger partial charge in [-0.1, -0.05) is 18.2 Å². The number of nitrogens with zero attached hydrogens (tertiary/aromatic N) is 2. The van der Waals surface area contributed by atoms with Crippen LogP contribution in [0.3, 0.4) is 0 Å². The van der Waals surface area contributed by atoms with Crippen molar-refractivity contribution < 1.29 is 4.42 Å². The molecule has 0 radical (unpaired) electrons. The minimum Gasteiger partial charge on any atom is -0.449 e. The molecule has 1 unspecified atom stereocenters. The van der Waals surface area contributed by atoms with E-state index in [9.17, 15) is 0 Å². The lowest BCUT2D eigenvalue weighted by Crippen LogP contribution is -2.08. The average Bonchev–Trinajstić information content (AvgIpc) is 3.11. The van der Waals surface area contributed by atoms with Crippen molar-refractivity contribution in [1.29, 1.82) is 0 Å². The number of hydrogen-bond acceptors (Lipinski definition) is 3. The number of rotatable bonds is 4. The van der Waals surface area contributed by atoms with Crippen LogP contribution < -0.4 is 0 Å². The Morgan fingerprint density at radius 1 is 1.30 bits per heavy atom. The van der Waals surface area contributed by atoms with E-state index in [0.717, 1.165) is 18.0 Å². The van der Waals surface area contributed by atoms with Crippen molar-refractivity contribution in [3.05, 3.63) is 71.5 Å². The first-order chi connectivity index (χ1) is 9.75. The molecule has 3 aromatic rings. The zero-order chi connectivity index (χ0) is 13.9. The zero-order valence-corrected chi connectivity index (χ0v) is 11.6. The summed E-state index contributed by atoms with van der Waals surface area (Å²) < 4.78 is 5.41. The van der Waals surface area contributed by atoms with Gasteiger partial charge in [-0.15, -0.1) is 0 Å². The monoisotopic (exact) mass is 267 g/mol. The number of aromatic amines is 1. The molecule has 1 atom stereocenters. The molecule has 2 heterocycles. The van der Waals surface area contributed by atoms with Crippen LogP contribution in [0.4, 0.5) is 0 Å². The van der Waals surface area contributed by atoms with Crippen molar-refractivity contribution in [1.82, 2.24) is 15.0 Å². The molecule has 2 aromatic heterocycles. The average molecular weight is 267 g/mol. The van der Waals surface area contributed by atoms with Gasteiger partial charge in [0.05, 0.1) is 12.5 Å². The summed E-state index contributed by atoms with van der Waals surface area (Å²) in [5.74, 6) is 0.918. The summed E-state index contributed by atoms with van der Waals surface area (Å²) in [6.07, 6.45) is 7.60. The molecule has 0 aliphatic heterocycles. The lowest BCUT2D eigenvalue weighted by Gasteiger charge is -2.18. The fourth-order valence-electron chi connectivity index (χ4n) is 2.52. The van der Waals surface area contributed by atoms with Crippen molar-refractivity contribution in [2.24, 2.45) is 0 Å². The van der Waals surface area contributed by atoms with Crippen molar-refractivity contribution in [2.45, 2.75) is 26.2 Å². The van der Waals surface area contributed by atoms with Crippen molar-refractivity contribution in [2.75, 3.05) is 0 Å². The summed E-state index contributed by atoms with van der Waals surface area (Å²) in [6.45, 7) is 4.29. The van der Waals surface area contributed by atoms with Crippen LogP contribution in [0.25, 0.3) is 0 Å². The van der Waals surface area contributed by atoms with E-state index in [0.29, 0.717) is 0 Å². The van der Waals surface area contributed by atoms with Gasteiger partial charge in [0.2, 0.25) is 0 Å². The van der Waals surface area contributed by atoms with Crippen LogP contribution in [0.1, 0.15) is 34.2 Å². The highest BCUT2D eigenvalue weighted by Gasteiger charge is 2.20. The second-order valence-electron chi connectivity index (χ2n) is 4.98. The van der Waals surface area contributed by atoms with Crippen molar-refractivity contribution >= 4 is 0 Å². The molecule has 20 heavy (non-hydrogen) atoms. The van der Waals surface area contributed by atoms with Gasteiger partial charge in [0.1, 0.15) is 6.26 Å². The number of aromatic nitrogens is 3. The van der Waals surface area contributed by atoms with E-state index in [1.54, 1.807) is 18.8 Å². The predicted octanol–water partition coefficient (Wildman–Crippen LogP) is 3.39. The fraction of sp³-hybridized carbons (Fsp3) is 0.250. The van der Waals surface area contributed by atoms with Crippen LogP contribution in [0.5, 0.6) is 0 Å². The number of aryl methyl sites for hydroxylation is 1. The second-order valence-corrected chi connectivity index (χ2v) is 4.98. The molecule has 0 saturated heterocycles. The normalized spacial score (nSPS) is 12.5. The number of hydrogen-bond donors (Lipinski definition) is 1. The molecular weight excluding hydrogens is 250 g/mol. The molecule has 0 fully saturated rings. The first-order valence-corrected chi connectivity index (χ1v) is 6.68. The molecule has 0 amide bonds. The maximum Gasteiger partial charge on any atom is 0.194 e. The Morgan fingerprint density at radius 3 is 2.90 bits per heavy atom. The summed E-state index contributed by atoms with van der Waals surface area (Å²) in [4.78, 5) is 11.6. The van der Waals surface area contributed by atoms with Gasteiger partial charge in [-0.3, -0.25) is 0 Å². The van der Waals surface area contributed by atoms with Gasteiger partial charge in [0.25, 0.3) is 0 Å². The molecule has 0 spiro atoms. The maximum absolute atomic E-state index is 5.41. The van der Waals surface area contributed by atoms with Gasteiger partial charge in [-0.05, 0) is 30.5 Å². The molecule has 0 aliphatic rings. The Labute approximate surface area is 117 Å². The molecular formula is C16H17N3O. The lowest BCUT2D eigenvalue weighted by atomic mass is 9.88. The first-order valence-electron chi connectivity index (χ1n) is 6.68. The zero-order valence-electron chi connectivity index (χ0n) is 11.6. The summed E-state index contributed by atoms with van der Waals surface area (Å²) >= 11 is 0. The van der Waals surface area contributed by atoms with E-state index in [1.165, 1.54) is 16.7 Å². The Bertz CT molecular complexity index is 672. The second kappa shape index (κ2) is 5.33. The molecule has 1 aromatic carbocycles. The highest BCUT2D eigenvalue weighted by atomic mass is 16.3. The molecule has 102 valence electrons. The van der Waals surface area contributed by atoms with Gasteiger partial charge in [-0.2, -0.15) is 0 Å². The van der Waals surface area contributed by atoms with Crippen LogP contribution in [0.2, 0.25) is 0 Å². The highest BCUT2D eigenvalue weighted by molar-refractivity contribution is 5.39. The third-order valence-electron chi connectivity index (χ3n) is 3.78. The number of H-pyrrole nitrogens is 1. The van der Waals surface area contributed by atoms with E-state index < -0.39 is 0 Å². The number of imidazole rings is 1. The number of oxazole rings is 1. The van der Waals surface area contributed by atoms with Crippen LogP contribution in [-0.2, 0) is 6.42 Å². The highest BCUT2D eigenvalue weighted by Crippen LogP contribution is 2.30. The van der Waals surface area contributed by atoms with E-state index >= 15 is 0 Å². The smallest absolute Gasteiger partial charge is 0.194 e.